The number of benzene rings is 4. The smallest absolute Gasteiger partial charge is 0.348 e. The summed E-state index contributed by atoms with van der Waals surface area (Å²) in [5.41, 5.74) is 2.46. The number of esters is 1. The number of Topliss-reactive ketones (excluding diaryl/α,β-unsaturated/α-hetero) is 1. The normalized spacial score (nSPS) is 13.1. The van der Waals surface area contributed by atoms with Crippen molar-refractivity contribution in [3.8, 4) is 40.1 Å². The summed E-state index contributed by atoms with van der Waals surface area (Å²) in [4.78, 5) is 26.7. The van der Waals surface area contributed by atoms with Crippen LogP contribution in [0.3, 0.4) is 0 Å². The molecule has 1 aromatic heterocycles. The van der Waals surface area contributed by atoms with Crippen LogP contribution in [-0.2, 0) is 0 Å². The van der Waals surface area contributed by atoms with E-state index in [0.717, 1.165) is 5.56 Å². The van der Waals surface area contributed by atoms with Crippen LogP contribution in [0.2, 0.25) is 0 Å². The molecule has 0 saturated heterocycles. The predicted molar refractivity (Wildman–Crippen MR) is 152 cm³/mol. The highest BCUT2D eigenvalue weighted by molar-refractivity contribution is 6.15. The molecule has 0 atom stereocenters. The van der Waals surface area contributed by atoms with Crippen LogP contribution in [0.1, 0.15) is 26.3 Å². The minimum atomic E-state index is -0.628. The summed E-state index contributed by atoms with van der Waals surface area (Å²) in [5, 5.41) is 0.554. The molecule has 0 saturated carbocycles. The van der Waals surface area contributed by atoms with E-state index in [-0.39, 0.29) is 28.6 Å². The Hall–Kier alpha value is -5.50. The van der Waals surface area contributed by atoms with Crippen molar-refractivity contribution in [3.05, 3.63) is 107 Å². The third-order valence-corrected chi connectivity index (χ3v) is 6.71. The molecule has 4 aromatic carbocycles. The zero-order chi connectivity index (χ0) is 28.5. The predicted octanol–water partition coefficient (Wildman–Crippen LogP) is 6.96. The van der Waals surface area contributed by atoms with Crippen molar-refractivity contribution in [1.82, 2.24) is 0 Å². The fourth-order valence-electron chi connectivity index (χ4n) is 4.75. The average Bonchev–Trinajstić information content (AvgIpc) is 3.54. The number of methoxy groups -OCH3 is 3. The van der Waals surface area contributed by atoms with Gasteiger partial charge in [0.1, 0.15) is 34.2 Å². The summed E-state index contributed by atoms with van der Waals surface area (Å²) in [6.07, 6.45) is 1.59. The standard InChI is InChI=1S/C33H24O8/c1-36-21-13-15-25-24(17-21)29(32(41-25)19-8-5-4-6-9-19)33(35)39-22-12-14-23-27(18-22)40-28(30(23)34)16-20-10-7-11-26(37-2)31(20)38-3/h4-18H,1-3H3. The minimum Gasteiger partial charge on any atom is -0.497 e. The Labute approximate surface area is 235 Å². The zero-order valence-electron chi connectivity index (χ0n) is 22.4. The highest BCUT2D eigenvalue weighted by atomic mass is 16.5. The molecule has 0 amide bonds. The molecule has 2 heterocycles. The van der Waals surface area contributed by atoms with E-state index < -0.39 is 5.97 Å². The van der Waals surface area contributed by atoms with Gasteiger partial charge in [-0.2, -0.15) is 0 Å². The van der Waals surface area contributed by atoms with Crippen LogP contribution in [0.25, 0.3) is 28.4 Å². The second kappa shape index (κ2) is 10.6. The number of carbonyl (C=O) groups is 2. The Morgan fingerprint density at radius 3 is 2.37 bits per heavy atom. The van der Waals surface area contributed by atoms with Crippen molar-refractivity contribution in [3.63, 3.8) is 0 Å². The Bertz CT molecular complexity index is 1830. The maximum atomic E-state index is 13.6. The molecule has 0 N–H and O–H groups in total. The molecule has 0 aliphatic carbocycles. The van der Waals surface area contributed by atoms with Gasteiger partial charge in [-0.3, -0.25) is 4.79 Å². The number of para-hydroxylation sites is 1. The number of allylic oxidation sites excluding steroid dienone is 1. The first kappa shape index (κ1) is 25.8. The summed E-state index contributed by atoms with van der Waals surface area (Å²) in [6, 6.07) is 24.5. The number of hydrogen-bond donors (Lipinski definition) is 0. The molecule has 0 fully saturated rings. The Balaban J connectivity index is 1.33. The molecular formula is C33H24O8. The molecule has 0 unspecified atom stereocenters. The zero-order valence-corrected chi connectivity index (χ0v) is 22.4. The van der Waals surface area contributed by atoms with E-state index >= 15 is 0 Å². The number of ketones is 1. The summed E-state index contributed by atoms with van der Waals surface area (Å²) < 4.78 is 34.0. The Kier molecular flexibility index (Phi) is 6.65. The van der Waals surface area contributed by atoms with Gasteiger partial charge < -0.3 is 28.1 Å². The molecule has 8 heteroatoms. The average molecular weight is 549 g/mol. The van der Waals surface area contributed by atoms with Crippen LogP contribution in [0.15, 0.2) is 95.1 Å². The first-order valence-electron chi connectivity index (χ1n) is 12.7. The molecule has 41 heavy (non-hydrogen) atoms. The van der Waals surface area contributed by atoms with Crippen LogP contribution in [0, 0.1) is 0 Å². The second-order valence-electron chi connectivity index (χ2n) is 9.10. The van der Waals surface area contributed by atoms with Crippen LogP contribution in [0.4, 0.5) is 0 Å². The Morgan fingerprint density at radius 2 is 1.61 bits per heavy atom. The maximum Gasteiger partial charge on any atom is 0.348 e. The lowest BCUT2D eigenvalue weighted by Crippen LogP contribution is -2.09. The van der Waals surface area contributed by atoms with E-state index in [1.165, 1.54) is 20.3 Å². The van der Waals surface area contributed by atoms with E-state index in [4.69, 9.17) is 28.1 Å². The van der Waals surface area contributed by atoms with Gasteiger partial charge in [-0.25, -0.2) is 4.79 Å². The van der Waals surface area contributed by atoms with Gasteiger partial charge in [0.2, 0.25) is 5.78 Å². The minimum absolute atomic E-state index is 0.106. The molecule has 1 aliphatic rings. The maximum absolute atomic E-state index is 13.6. The first-order chi connectivity index (χ1) is 20.0. The van der Waals surface area contributed by atoms with Crippen molar-refractivity contribution in [2.24, 2.45) is 0 Å². The highest BCUT2D eigenvalue weighted by Gasteiger charge is 2.30. The number of rotatable bonds is 7. The number of carbonyl (C=O) groups excluding carboxylic acids is 2. The van der Waals surface area contributed by atoms with Gasteiger partial charge >= 0.3 is 5.97 Å². The van der Waals surface area contributed by atoms with Crippen molar-refractivity contribution in [2.45, 2.75) is 0 Å². The van der Waals surface area contributed by atoms with Gasteiger partial charge in [0.25, 0.3) is 0 Å². The lowest BCUT2D eigenvalue weighted by molar-refractivity contribution is 0.0736. The first-order valence-corrected chi connectivity index (χ1v) is 12.7. The number of furan rings is 1. The molecular weight excluding hydrogens is 524 g/mol. The van der Waals surface area contributed by atoms with E-state index in [0.29, 0.717) is 45.1 Å². The van der Waals surface area contributed by atoms with Crippen LogP contribution in [-0.4, -0.2) is 33.1 Å². The largest absolute Gasteiger partial charge is 0.497 e. The third-order valence-electron chi connectivity index (χ3n) is 6.71. The lowest BCUT2D eigenvalue weighted by Gasteiger charge is -2.10. The van der Waals surface area contributed by atoms with Gasteiger partial charge in [0.15, 0.2) is 17.3 Å². The Morgan fingerprint density at radius 1 is 0.805 bits per heavy atom. The second-order valence-corrected chi connectivity index (χ2v) is 9.10. The summed E-state index contributed by atoms with van der Waals surface area (Å²) in [6.45, 7) is 0. The fourth-order valence-corrected chi connectivity index (χ4v) is 4.75. The highest BCUT2D eigenvalue weighted by Crippen LogP contribution is 2.39. The van der Waals surface area contributed by atoms with E-state index in [1.807, 2.05) is 30.3 Å². The number of ether oxygens (including phenoxy) is 5. The molecule has 6 rings (SSSR count). The summed E-state index contributed by atoms with van der Waals surface area (Å²) in [7, 11) is 4.61. The number of fused-ring (bicyclic) bond motifs is 2. The molecule has 0 bridgehead atoms. The molecule has 0 radical (unpaired) electrons. The number of hydrogen-bond acceptors (Lipinski definition) is 8. The van der Waals surface area contributed by atoms with Crippen LogP contribution >= 0.6 is 0 Å². The van der Waals surface area contributed by atoms with Crippen molar-refractivity contribution < 1.29 is 37.7 Å². The van der Waals surface area contributed by atoms with Crippen LogP contribution < -0.4 is 23.7 Å². The van der Waals surface area contributed by atoms with E-state index in [1.54, 1.807) is 61.7 Å². The lowest BCUT2D eigenvalue weighted by atomic mass is 10.1. The van der Waals surface area contributed by atoms with Crippen LogP contribution in [0.5, 0.6) is 28.7 Å². The van der Waals surface area contributed by atoms with Crippen molar-refractivity contribution in [1.29, 1.82) is 0 Å². The van der Waals surface area contributed by atoms with Gasteiger partial charge in [-0.05, 0) is 42.5 Å². The molecule has 5 aromatic rings. The summed E-state index contributed by atoms with van der Waals surface area (Å²) >= 11 is 0. The summed E-state index contributed by atoms with van der Waals surface area (Å²) in [5.74, 6) is 1.61. The van der Waals surface area contributed by atoms with Gasteiger partial charge in [0.05, 0.1) is 26.9 Å². The fraction of sp³-hybridized carbons (Fsp3) is 0.0909. The molecule has 1 aliphatic heterocycles. The van der Waals surface area contributed by atoms with E-state index in [2.05, 4.69) is 0 Å². The quantitative estimate of drug-likeness (QED) is 0.122. The molecule has 204 valence electrons. The third kappa shape index (κ3) is 4.65. The molecule has 8 nitrogen and oxygen atoms in total. The van der Waals surface area contributed by atoms with Crippen molar-refractivity contribution in [2.75, 3.05) is 21.3 Å². The monoisotopic (exact) mass is 548 g/mol. The van der Waals surface area contributed by atoms with Gasteiger partial charge in [-0.15, -0.1) is 0 Å². The van der Waals surface area contributed by atoms with E-state index in [9.17, 15) is 9.59 Å². The van der Waals surface area contributed by atoms with Gasteiger partial charge in [-0.1, -0.05) is 42.5 Å². The van der Waals surface area contributed by atoms with Gasteiger partial charge in [0, 0.05) is 22.6 Å². The topological polar surface area (TPSA) is 93.4 Å². The SMILES string of the molecule is COc1ccc2oc(-c3ccccc3)c(C(=O)Oc3ccc4c(c3)OC(=Cc3cccc(OC)c3OC)C4=O)c2c1. The van der Waals surface area contributed by atoms with Crippen molar-refractivity contribution >= 4 is 28.8 Å². The molecule has 0 spiro atoms.